The number of nitrogens with zero attached hydrogens (tertiary/aromatic N) is 3. The van der Waals surface area contributed by atoms with Crippen molar-refractivity contribution in [1.82, 2.24) is 20.1 Å². The molecule has 1 aromatic carbocycles. The third-order valence-corrected chi connectivity index (χ3v) is 5.19. The fourth-order valence-electron chi connectivity index (χ4n) is 3.86. The molecule has 0 saturated carbocycles. The van der Waals surface area contributed by atoms with Crippen molar-refractivity contribution < 1.29 is 13.9 Å². The first kappa shape index (κ1) is 17.0. The molecule has 3 aromatic rings. The van der Waals surface area contributed by atoms with Gasteiger partial charge in [0.25, 0.3) is 5.88 Å². The van der Waals surface area contributed by atoms with Crippen LogP contribution < -0.4 is 15.2 Å². The topological polar surface area (TPSA) is 93.5 Å². The van der Waals surface area contributed by atoms with Crippen molar-refractivity contribution in [1.29, 1.82) is 0 Å². The predicted octanol–water partition coefficient (Wildman–Crippen LogP) is 2.53. The van der Waals surface area contributed by atoms with Crippen LogP contribution in [0.2, 0.25) is 0 Å². The lowest BCUT2D eigenvalue weighted by molar-refractivity contribution is 0.163. The van der Waals surface area contributed by atoms with Crippen molar-refractivity contribution >= 4 is 0 Å². The minimum absolute atomic E-state index is 0.304. The van der Waals surface area contributed by atoms with E-state index in [1.807, 2.05) is 30.5 Å². The van der Waals surface area contributed by atoms with Crippen molar-refractivity contribution in [3.05, 3.63) is 58.2 Å². The quantitative estimate of drug-likeness (QED) is 0.743. The Bertz CT molecular complexity index is 1030. The Kier molecular flexibility index (Phi) is 4.32. The first-order valence-corrected chi connectivity index (χ1v) is 9.41. The Morgan fingerprint density at radius 1 is 1.18 bits per heavy atom. The van der Waals surface area contributed by atoms with Gasteiger partial charge in [-0.25, -0.2) is 14.9 Å². The van der Waals surface area contributed by atoms with Gasteiger partial charge < -0.3 is 13.9 Å². The number of pyridine rings is 1. The second kappa shape index (κ2) is 7.12. The zero-order valence-corrected chi connectivity index (χ0v) is 15.3. The summed E-state index contributed by atoms with van der Waals surface area (Å²) in [4.78, 5) is 18.0. The monoisotopic (exact) mass is 380 g/mol. The first-order chi connectivity index (χ1) is 13.8. The van der Waals surface area contributed by atoms with E-state index in [0.717, 1.165) is 42.8 Å². The molecular formula is C20H20N4O4. The van der Waals surface area contributed by atoms with Crippen molar-refractivity contribution in [3.8, 4) is 23.1 Å². The van der Waals surface area contributed by atoms with Gasteiger partial charge in [-0.15, -0.1) is 5.10 Å². The number of ether oxygens (including phenoxy) is 2. The van der Waals surface area contributed by atoms with Crippen LogP contribution in [0, 0.1) is 0 Å². The Hall–Kier alpha value is -3.13. The second-order valence-electron chi connectivity index (χ2n) is 7.01. The van der Waals surface area contributed by atoms with Crippen molar-refractivity contribution in [2.24, 2.45) is 0 Å². The lowest BCUT2D eigenvalue weighted by atomic mass is 10.1. The van der Waals surface area contributed by atoms with E-state index in [9.17, 15) is 4.79 Å². The summed E-state index contributed by atoms with van der Waals surface area (Å²) in [6.45, 7) is 2.99. The molecule has 0 bridgehead atoms. The summed E-state index contributed by atoms with van der Waals surface area (Å²) < 4.78 is 16.2. The van der Waals surface area contributed by atoms with Crippen molar-refractivity contribution in [2.45, 2.75) is 25.4 Å². The van der Waals surface area contributed by atoms with Crippen molar-refractivity contribution in [3.63, 3.8) is 0 Å². The van der Waals surface area contributed by atoms with E-state index in [-0.39, 0.29) is 0 Å². The molecule has 0 unspecified atom stereocenters. The van der Waals surface area contributed by atoms with Gasteiger partial charge in [-0.3, -0.25) is 4.90 Å². The number of nitrogens with one attached hydrogen (secondary N) is 1. The molecule has 2 aromatic heterocycles. The number of aromatic nitrogens is 3. The number of likely N-dealkylation sites (tertiary alicyclic amines) is 1. The zero-order chi connectivity index (χ0) is 18.9. The largest absolute Gasteiger partial charge is 0.484 e. The summed E-state index contributed by atoms with van der Waals surface area (Å²) in [5.74, 6) is 1.07. The second-order valence-corrected chi connectivity index (χ2v) is 7.01. The molecule has 0 radical (unpaired) electrons. The number of hydrogen-bond acceptors (Lipinski definition) is 7. The van der Waals surface area contributed by atoms with E-state index < -0.39 is 5.76 Å². The molecule has 0 amide bonds. The summed E-state index contributed by atoms with van der Waals surface area (Å²) >= 11 is 0. The number of benzene rings is 1. The maximum Gasteiger partial charge on any atom is 0.434 e. The highest BCUT2D eigenvalue weighted by Crippen LogP contribution is 2.37. The Labute approximate surface area is 161 Å². The lowest BCUT2D eigenvalue weighted by Crippen LogP contribution is -2.23. The van der Waals surface area contributed by atoms with Gasteiger partial charge in [0.1, 0.15) is 13.2 Å². The molecule has 28 heavy (non-hydrogen) atoms. The van der Waals surface area contributed by atoms with Gasteiger partial charge in [-0.2, -0.15) is 0 Å². The number of aromatic amines is 1. The summed E-state index contributed by atoms with van der Waals surface area (Å²) in [6, 6.07) is 10.3. The SMILES string of the molecule is O=c1[nH]nc(-c2ccc(CN3CCC[C@@H]3c3cnc4c(c3)OCCO4)cc2)o1. The smallest absolute Gasteiger partial charge is 0.434 e. The van der Waals surface area contributed by atoms with Gasteiger partial charge in [0, 0.05) is 24.3 Å². The average Bonchev–Trinajstić information content (AvgIpc) is 3.37. The Morgan fingerprint density at radius 2 is 2.04 bits per heavy atom. The fourth-order valence-corrected chi connectivity index (χ4v) is 3.86. The van der Waals surface area contributed by atoms with E-state index in [4.69, 9.17) is 13.9 Å². The Morgan fingerprint density at radius 3 is 2.86 bits per heavy atom. The van der Waals surface area contributed by atoms with E-state index in [0.29, 0.717) is 31.0 Å². The third kappa shape index (κ3) is 3.27. The molecule has 0 spiro atoms. The maximum absolute atomic E-state index is 11.1. The average molecular weight is 380 g/mol. The Balaban J connectivity index is 1.32. The molecule has 2 aliphatic rings. The maximum atomic E-state index is 11.1. The molecule has 1 saturated heterocycles. The number of fused-ring (bicyclic) bond motifs is 1. The molecule has 0 aliphatic carbocycles. The van der Waals surface area contributed by atoms with Crippen LogP contribution in [0.4, 0.5) is 0 Å². The van der Waals surface area contributed by atoms with Crippen LogP contribution in [0.15, 0.2) is 45.7 Å². The normalized spacial score (nSPS) is 19.1. The minimum Gasteiger partial charge on any atom is -0.484 e. The molecule has 5 rings (SSSR count). The van der Waals surface area contributed by atoms with Gasteiger partial charge in [-0.1, -0.05) is 12.1 Å². The van der Waals surface area contributed by atoms with Gasteiger partial charge in [0.2, 0.25) is 5.89 Å². The standard InChI is InChI=1S/C20H20N4O4/c25-20-23-22-18(28-20)14-5-3-13(4-6-14)12-24-7-1-2-16(24)15-10-17-19(21-11-15)27-9-8-26-17/h3-6,10-11,16H,1-2,7-9,12H2,(H,23,25)/t16-/m1/s1. The lowest BCUT2D eigenvalue weighted by Gasteiger charge is -2.26. The number of rotatable bonds is 4. The van der Waals surface area contributed by atoms with Gasteiger partial charge in [0.15, 0.2) is 5.75 Å². The summed E-state index contributed by atoms with van der Waals surface area (Å²) in [5, 5.41) is 6.14. The molecule has 1 fully saturated rings. The van der Waals surface area contributed by atoms with Crippen LogP contribution in [-0.4, -0.2) is 39.8 Å². The summed E-state index contributed by atoms with van der Waals surface area (Å²) in [5.41, 5.74) is 3.13. The number of H-pyrrole nitrogens is 1. The molecule has 2 aliphatic heterocycles. The van der Waals surface area contributed by atoms with Crippen LogP contribution in [-0.2, 0) is 6.54 Å². The minimum atomic E-state index is -0.549. The predicted molar refractivity (Wildman–Crippen MR) is 100 cm³/mol. The highest BCUT2D eigenvalue weighted by atomic mass is 16.6. The van der Waals surface area contributed by atoms with E-state index >= 15 is 0 Å². The van der Waals surface area contributed by atoms with Gasteiger partial charge in [-0.05, 0) is 48.7 Å². The molecule has 1 atom stereocenters. The van der Waals surface area contributed by atoms with Crippen LogP contribution in [0.5, 0.6) is 11.6 Å². The fraction of sp³-hybridized carbons (Fsp3) is 0.350. The first-order valence-electron chi connectivity index (χ1n) is 9.41. The summed E-state index contributed by atoms with van der Waals surface area (Å²) in [6.07, 6.45) is 4.15. The van der Waals surface area contributed by atoms with Gasteiger partial charge >= 0.3 is 5.76 Å². The van der Waals surface area contributed by atoms with Gasteiger partial charge in [0.05, 0.1) is 0 Å². The molecule has 144 valence electrons. The van der Waals surface area contributed by atoms with Crippen LogP contribution in [0.3, 0.4) is 0 Å². The highest BCUT2D eigenvalue weighted by Gasteiger charge is 2.28. The van der Waals surface area contributed by atoms with Crippen LogP contribution in [0.25, 0.3) is 11.5 Å². The summed E-state index contributed by atoms with van der Waals surface area (Å²) in [7, 11) is 0. The highest BCUT2D eigenvalue weighted by molar-refractivity contribution is 5.52. The molecule has 4 heterocycles. The molecule has 8 nitrogen and oxygen atoms in total. The van der Waals surface area contributed by atoms with Crippen molar-refractivity contribution in [2.75, 3.05) is 19.8 Å². The van der Waals surface area contributed by atoms with Crippen LogP contribution >= 0.6 is 0 Å². The third-order valence-electron chi connectivity index (χ3n) is 5.19. The van der Waals surface area contributed by atoms with E-state index in [2.05, 4.69) is 26.1 Å². The van der Waals surface area contributed by atoms with E-state index in [1.54, 1.807) is 0 Å². The van der Waals surface area contributed by atoms with E-state index in [1.165, 1.54) is 5.56 Å². The molecule has 1 N–H and O–H groups in total. The number of hydrogen-bond donors (Lipinski definition) is 1. The zero-order valence-electron chi connectivity index (χ0n) is 15.3. The molecule has 8 heteroatoms. The van der Waals surface area contributed by atoms with Crippen LogP contribution in [0.1, 0.15) is 30.0 Å². The molecular weight excluding hydrogens is 360 g/mol.